The molecule has 3 N–H and O–H groups in total. The van der Waals surface area contributed by atoms with Gasteiger partial charge in [-0.25, -0.2) is 13.6 Å². The lowest BCUT2D eigenvalue weighted by Gasteiger charge is -2.16. The number of ether oxygens (including phenoxy) is 4. The fourth-order valence-electron chi connectivity index (χ4n) is 2.46. The van der Waals surface area contributed by atoms with Crippen molar-refractivity contribution in [2.24, 2.45) is 5.14 Å². The summed E-state index contributed by atoms with van der Waals surface area (Å²) in [6.45, 7) is 0. The number of hydrogen-bond donors (Lipinski definition) is 2. The maximum absolute atomic E-state index is 12.7. The molecule has 0 bridgehead atoms. The van der Waals surface area contributed by atoms with Crippen molar-refractivity contribution < 1.29 is 32.2 Å². The Balaban J connectivity index is 2.44. The Hall–Kier alpha value is -2.98. The van der Waals surface area contributed by atoms with Crippen LogP contribution in [-0.4, -0.2) is 42.8 Å². The Morgan fingerprint density at radius 1 is 0.889 bits per heavy atom. The van der Waals surface area contributed by atoms with Gasteiger partial charge < -0.3 is 24.3 Å². The number of amides is 1. The summed E-state index contributed by atoms with van der Waals surface area (Å²) >= 11 is 0. The lowest BCUT2D eigenvalue weighted by molar-refractivity contribution is 0.102. The predicted molar refractivity (Wildman–Crippen MR) is 98.4 cm³/mol. The van der Waals surface area contributed by atoms with E-state index in [0.717, 1.165) is 0 Å². The third-order valence-electron chi connectivity index (χ3n) is 3.68. The molecule has 0 radical (unpaired) electrons. The standard InChI is InChI=1S/C17H20N2O7S/c1-23-12-7-5-10(9-14(12)27(18,21)22)19-17(20)11-6-8-13(24-2)16(26-4)15(11)25-3/h5-9H,1-4H3,(H,19,20)(H2,18,21,22). The molecular weight excluding hydrogens is 376 g/mol. The van der Waals surface area contributed by atoms with Crippen LogP contribution in [0.5, 0.6) is 23.0 Å². The summed E-state index contributed by atoms with van der Waals surface area (Å²) in [6, 6.07) is 7.14. The fraction of sp³-hybridized carbons (Fsp3) is 0.235. The van der Waals surface area contributed by atoms with Crippen molar-refractivity contribution in [3.05, 3.63) is 35.9 Å². The van der Waals surface area contributed by atoms with Gasteiger partial charge in [0.2, 0.25) is 15.8 Å². The van der Waals surface area contributed by atoms with Crippen molar-refractivity contribution in [3.63, 3.8) is 0 Å². The highest BCUT2D eigenvalue weighted by Crippen LogP contribution is 2.40. The number of methoxy groups -OCH3 is 4. The number of benzene rings is 2. The molecule has 0 atom stereocenters. The van der Waals surface area contributed by atoms with Gasteiger partial charge in [-0.05, 0) is 30.3 Å². The Morgan fingerprint density at radius 3 is 2.00 bits per heavy atom. The van der Waals surface area contributed by atoms with Crippen molar-refractivity contribution in [1.29, 1.82) is 0 Å². The van der Waals surface area contributed by atoms with E-state index in [4.69, 9.17) is 24.1 Å². The number of rotatable bonds is 7. The topological polar surface area (TPSA) is 126 Å². The van der Waals surface area contributed by atoms with E-state index in [0.29, 0.717) is 5.75 Å². The van der Waals surface area contributed by atoms with Crippen LogP contribution >= 0.6 is 0 Å². The van der Waals surface area contributed by atoms with E-state index >= 15 is 0 Å². The summed E-state index contributed by atoms with van der Waals surface area (Å²) < 4.78 is 44.1. The van der Waals surface area contributed by atoms with E-state index in [1.807, 2.05) is 0 Å². The number of nitrogens with one attached hydrogen (secondary N) is 1. The van der Waals surface area contributed by atoms with Gasteiger partial charge in [-0.15, -0.1) is 0 Å². The summed E-state index contributed by atoms with van der Waals surface area (Å²) in [6.07, 6.45) is 0. The number of carbonyl (C=O) groups excluding carboxylic acids is 1. The zero-order valence-electron chi connectivity index (χ0n) is 15.2. The lowest BCUT2D eigenvalue weighted by Crippen LogP contribution is -2.16. The second-order valence-corrected chi connectivity index (χ2v) is 6.78. The van der Waals surface area contributed by atoms with Gasteiger partial charge in [0.15, 0.2) is 11.5 Å². The molecule has 0 aromatic heterocycles. The minimum Gasteiger partial charge on any atom is -0.495 e. The molecule has 1 amide bonds. The van der Waals surface area contributed by atoms with E-state index in [-0.39, 0.29) is 33.4 Å². The molecule has 0 saturated carbocycles. The van der Waals surface area contributed by atoms with Gasteiger partial charge in [0, 0.05) is 5.69 Å². The molecule has 0 saturated heterocycles. The van der Waals surface area contributed by atoms with E-state index in [9.17, 15) is 13.2 Å². The Labute approximate surface area is 157 Å². The van der Waals surface area contributed by atoms with E-state index < -0.39 is 15.9 Å². The van der Waals surface area contributed by atoms with Crippen molar-refractivity contribution in [3.8, 4) is 23.0 Å². The number of sulfonamides is 1. The highest BCUT2D eigenvalue weighted by Gasteiger charge is 2.22. The molecule has 0 unspecified atom stereocenters. The van der Waals surface area contributed by atoms with Crippen LogP contribution in [0.3, 0.4) is 0 Å². The van der Waals surface area contributed by atoms with Gasteiger partial charge in [-0.2, -0.15) is 0 Å². The zero-order valence-corrected chi connectivity index (χ0v) is 16.0. The van der Waals surface area contributed by atoms with Gasteiger partial charge in [0.05, 0.1) is 34.0 Å². The number of carbonyl (C=O) groups is 1. The van der Waals surface area contributed by atoms with Crippen LogP contribution < -0.4 is 29.4 Å². The third kappa shape index (κ3) is 4.23. The summed E-state index contributed by atoms with van der Waals surface area (Å²) in [5.74, 6) is 0.353. The largest absolute Gasteiger partial charge is 0.495 e. The Bertz CT molecular complexity index is 958. The summed E-state index contributed by atoms with van der Waals surface area (Å²) in [5.41, 5.74) is 0.379. The summed E-state index contributed by atoms with van der Waals surface area (Å²) in [4.78, 5) is 12.4. The normalized spacial score (nSPS) is 10.9. The molecule has 0 aliphatic carbocycles. The van der Waals surface area contributed by atoms with Crippen molar-refractivity contribution in [2.45, 2.75) is 4.90 Å². The molecule has 0 heterocycles. The third-order valence-corrected chi connectivity index (χ3v) is 4.61. The van der Waals surface area contributed by atoms with E-state index in [1.54, 1.807) is 6.07 Å². The molecule has 0 aliphatic heterocycles. The van der Waals surface area contributed by atoms with Crippen LogP contribution in [0.4, 0.5) is 5.69 Å². The van der Waals surface area contributed by atoms with Crippen LogP contribution in [0.25, 0.3) is 0 Å². The van der Waals surface area contributed by atoms with Crippen LogP contribution in [0.1, 0.15) is 10.4 Å². The molecule has 146 valence electrons. The molecule has 2 aromatic carbocycles. The first-order valence-electron chi connectivity index (χ1n) is 7.58. The first kappa shape index (κ1) is 20.3. The maximum atomic E-state index is 12.7. The van der Waals surface area contributed by atoms with Gasteiger partial charge in [0.1, 0.15) is 10.6 Å². The van der Waals surface area contributed by atoms with E-state index in [2.05, 4.69) is 5.32 Å². The molecule has 0 fully saturated rings. The average molecular weight is 396 g/mol. The first-order valence-corrected chi connectivity index (χ1v) is 9.12. The molecule has 10 heteroatoms. The minimum atomic E-state index is -4.04. The maximum Gasteiger partial charge on any atom is 0.259 e. The molecule has 9 nitrogen and oxygen atoms in total. The summed E-state index contributed by atoms with van der Waals surface area (Å²) in [7, 11) is 1.55. The van der Waals surface area contributed by atoms with Crippen LogP contribution in [-0.2, 0) is 10.0 Å². The number of primary sulfonamides is 1. The molecular formula is C17H20N2O7S. The molecule has 2 aromatic rings. The number of anilines is 1. The highest BCUT2D eigenvalue weighted by molar-refractivity contribution is 7.89. The smallest absolute Gasteiger partial charge is 0.259 e. The molecule has 2 rings (SSSR count). The lowest BCUT2D eigenvalue weighted by atomic mass is 10.1. The highest BCUT2D eigenvalue weighted by atomic mass is 32.2. The Morgan fingerprint density at radius 2 is 1.48 bits per heavy atom. The van der Waals surface area contributed by atoms with Crippen molar-refractivity contribution in [2.75, 3.05) is 33.8 Å². The number of hydrogen-bond acceptors (Lipinski definition) is 7. The number of nitrogens with two attached hydrogens (primary N) is 1. The van der Waals surface area contributed by atoms with Crippen LogP contribution in [0.2, 0.25) is 0 Å². The second kappa shape index (κ2) is 8.14. The average Bonchev–Trinajstić information content (AvgIpc) is 2.65. The van der Waals surface area contributed by atoms with Gasteiger partial charge in [-0.1, -0.05) is 0 Å². The van der Waals surface area contributed by atoms with Gasteiger partial charge in [0.25, 0.3) is 5.91 Å². The summed E-state index contributed by atoms with van der Waals surface area (Å²) in [5, 5.41) is 7.78. The Kier molecular flexibility index (Phi) is 6.13. The van der Waals surface area contributed by atoms with Crippen LogP contribution in [0.15, 0.2) is 35.2 Å². The first-order chi connectivity index (χ1) is 12.8. The minimum absolute atomic E-state index is 0.0687. The van der Waals surface area contributed by atoms with Gasteiger partial charge >= 0.3 is 0 Å². The van der Waals surface area contributed by atoms with Crippen molar-refractivity contribution >= 4 is 21.6 Å². The SMILES string of the molecule is COc1ccc(NC(=O)c2ccc(OC)c(OC)c2OC)cc1S(N)(=O)=O. The molecule has 0 aliphatic rings. The second-order valence-electron chi connectivity index (χ2n) is 5.25. The van der Waals surface area contributed by atoms with Gasteiger partial charge in [-0.3, -0.25) is 4.79 Å². The zero-order chi connectivity index (χ0) is 20.2. The predicted octanol–water partition coefficient (Wildman–Crippen LogP) is 1.62. The fourth-order valence-corrected chi connectivity index (χ4v) is 3.18. The quantitative estimate of drug-likeness (QED) is 0.728. The monoisotopic (exact) mass is 396 g/mol. The molecule has 0 spiro atoms. The van der Waals surface area contributed by atoms with Crippen LogP contribution in [0, 0.1) is 0 Å². The molecule has 27 heavy (non-hydrogen) atoms. The van der Waals surface area contributed by atoms with Crippen molar-refractivity contribution in [1.82, 2.24) is 0 Å². The van der Waals surface area contributed by atoms with E-state index in [1.165, 1.54) is 52.7 Å².